The van der Waals surface area contributed by atoms with Crippen molar-refractivity contribution < 1.29 is 26.7 Å². The van der Waals surface area contributed by atoms with Crippen molar-refractivity contribution in [3.63, 3.8) is 0 Å². The molecule has 1 aromatic carbocycles. The van der Waals surface area contributed by atoms with E-state index in [-0.39, 0.29) is 5.76 Å². The number of benzene rings is 1. The van der Waals surface area contributed by atoms with Crippen LogP contribution in [0.4, 0.5) is 8.78 Å². The van der Waals surface area contributed by atoms with Gasteiger partial charge in [-0.2, -0.15) is 4.72 Å². The van der Waals surface area contributed by atoms with Crippen molar-refractivity contribution in [3.05, 3.63) is 54.0 Å². The van der Waals surface area contributed by atoms with Crippen LogP contribution < -0.4 is 4.72 Å². The van der Waals surface area contributed by atoms with Crippen molar-refractivity contribution in [2.45, 2.75) is 10.9 Å². The van der Waals surface area contributed by atoms with Gasteiger partial charge in [0.15, 0.2) is 11.6 Å². The number of hydrogen-bond donors (Lipinski definition) is 2. The first kappa shape index (κ1) is 14.6. The van der Waals surface area contributed by atoms with Crippen LogP contribution in [0.15, 0.2) is 45.9 Å². The second-order valence-electron chi connectivity index (χ2n) is 3.92. The van der Waals surface area contributed by atoms with E-state index in [1.165, 1.54) is 18.4 Å². The van der Waals surface area contributed by atoms with E-state index in [0.717, 1.165) is 18.2 Å². The molecular formula is C12H11F2NO4S. The third kappa shape index (κ3) is 2.87. The molecule has 1 atom stereocenters. The van der Waals surface area contributed by atoms with E-state index in [1.807, 2.05) is 0 Å². The maximum Gasteiger partial charge on any atom is 0.244 e. The SMILES string of the molecule is O=S(=O)(NC(CO)c1ccco1)c1cccc(F)c1F. The quantitative estimate of drug-likeness (QED) is 0.878. The minimum absolute atomic E-state index is 0.160. The summed E-state index contributed by atoms with van der Waals surface area (Å²) in [6, 6.07) is 4.69. The van der Waals surface area contributed by atoms with Gasteiger partial charge in [-0.15, -0.1) is 0 Å². The number of sulfonamides is 1. The van der Waals surface area contributed by atoms with E-state index in [9.17, 15) is 22.3 Å². The van der Waals surface area contributed by atoms with Crippen molar-refractivity contribution >= 4 is 10.0 Å². The van der Waals surface area contributed by atoms with Crippen LogP contribution in [0.2, 0.25) is 0 Å². The Labute approximate surface area is 113 Å². The number of furan rings is 1. The summed E-state index contributed by atoms with van der Waals surface area (Å²) in [4.78, 5) is -0.831. The molecule has 2 aromatic rings. The topological polar surface area (TPSA) is 79.5 Å². The highest BCUT2D eigenvalue weighted by Crippen LogP contribution is 2.20. The summed E-state index contributed by atoms with van der Waals surface area (Å²) in [6.45, 7) is -0.594. The van der Waals surface area contributed by atoms with Gasteiger partial charge in [-0.3, -0.25) is 0 Å². The highest BCUT2D eigenvalue weighted by Gasteiger charge is 2.26. The zero-order chi connectivity index (χ0) is 14.8. The number of halogens is 2. The summed E-state index contributed by atoms with van der Waals surface area (Å²) in [6.07, 6.45) is 1.30. The summed E-state index contributed by atoms with van der Waals surface area (Å²) in [7, 11) is -4.34. The summed E-state index contributed by atoms with van der Waals surface area (Å²) >= 11 is 0. The molecular weight excluding hydrogens is 292 g/mol. The summed E-state index contributed by atoms with van der Waals surface area (Å²) < 4.78 is 57.6. The number of aliphatic hydroxyl groups excluding tert-OH is 1. The van der Waals surface area contributed by atoms with Crippen LogP contribution in [-0.2, 0) is 10.0 Å². The lowest BCUT2D eigenvalue weighted by atomic mass is 10.2. The molecule has 0 saturated carbocycles. The van der Waals surface area contributed by atoms with Gasteiger partial charge in [0.1, 0.15) is 16.7 Å². The minimum Gasteiger partial charge on any atom is -0.468 e. The lowest BCUT2D eigenvalue weighted by Gasteiger charge is -2.14. The van der Waals surface area contributed by atoms with Gasteiger partial charge in [-0.05, 0) is 24.3 Å². The normalized spacial score (nSPS) is 13.3. The number of hydrogen-bond acceptors (Lipinski definition) is 4. The molecule has 0 spiro atoms. The molecule has 8 heteroatoms. The molecule has 1 heterocycles. The lowest BCUT2D eigenvalue weighted by Crippen LogP contribution is -2.31. The monoisotopic (exact) mass is 303 g/mol. The Morgan fingerprint density at radius 1 is 1.25 bits per heavy atom. The van der Waals surface area contributed by atoms with Gasteiger partial charge in [0.05, 0.1) is 12.9 Å². The fourth-order valence-electron chi connectivity index (χ4n) is 1.62. The average molecular weight is 303 g/mol. The van der Waals surface area contributed by atoms with Crippen molar-refractivity contribution in [1.82, 2.24) is 4.72 Å². The molecule has 0 bridgehead atoms. The molecule has 0 fully saturated rings. The Bertz CT molecular complexity index is 685. The average Bonchev–Trinajstić information content (AvgIpc) is 2.93. The largest absolute Gasteiger partial charge is 0.468 e. The zero-order valence-corrected chi connectivity index (χ0v) is 10.9. The highest BCUT2D eigenvalue weighted by molar-refractivity contribution is 7.89. The maximum atomic E-state index is 13.5. The van der Waals surface area contributed by atoms with Crippen molar-refractivity contribution in [3.8, 4) is 0 Å². The predicted molar refractivity (Wildman–Crippen MR) is 65.2 cm³/mol. The molecule has 0 aliphatic heterocycles. The fourth-order valence-corrected chi connectivity index (χ4v) is 2.90. The maximum absolute atomic E-state index is 13.5. The van der Waals surface area contributed by atoms with Crippen LogP contribution in [0.1, 0.15) is 11.8 Å². The Morgan fingerprint density at radius 3 is 2.60 bits per heavy atom. The Balaban J connectivity index is 2.33. The number of aliphatic hydroxyl groups is 1. The third-order valence-corrected chi connectivity index (χ3v) is 4.06. The van der Waals surface area contributed by atoms with Crippen LogP contribution in [0.5, 0.6) is 0 Å². The van der Waals surface area contributed by atoms with E-state index in [0.29, 0.717) is 0 Å². The Morgan fingerprint density at radius 2 is 2.00 bits per heavy atom. The summed E-state index contributed by atoms with van der Waals surface area (Å²) in [5.74, 6) is -2.59. The number of nitrogens with one attached hydrogen (secondary N) is 1. The van der Waals surface area contributed by atoms with Crippen LogP contribution in [0.3, 0.4) is 0 Å². The van der Waals surface area contributed by atoms with E-state index in [4.69, 9.17) is 4.42 Å². The van der Waals surface area contributed by atoms with Gasteiger partial charge in [0.25, 0.3) is 0 Å². The van der Waals surface area contributed by atoms with Gasteiger partial charge in [0, 0.05) is 0 Å². The van der Waals surface area contributed by atoms with E-state index in [1.54, 1.807) is 0 Å². The molecule has 0 radical (unpaired) electrons. The third-order valence-electron chi connectivity index (χ3n) is 2.57. The molecule has 5 nitrogen and oxygen atoms in total. The van der Waals surface area contributed by atoms with Crippen molar-refractivity contribution in [2.24, 2.45) is 0 Å². The van der Waals surface area contributed by atoms with Crippen LogP contribution >= 0.6 is 0 Å². The highest BCUT2D eigenvalue weighted by atomic mass is 32.2. The smallest absolute Gasteiger partial charge is 0.244 e. The molecule has 2 rings (SSSR count). The van der Waals surface area contributed by atoms with Gasteiger partial charge < -0.3 is 9.52 Å². The molecule has 0 aliphatic carbocycles. The number of rotatable bonds is 5. The molecule has 2 N–H and O–H groups in total. The molecule has 1 unspecified atom stereocenters. The Hall–Kier alpha value is -1.77. The molecule has 1 aromatic heterocycles. The standard InChI is InChI=1S/C12H11F2NO4S/c13-8-3-1-5-11(12(8)14)20(17,18)15-9(7-16)10-4-2-6-19-10/h1-6,9,15-16H,7H2. The predicted octanol–water partition coefficient (Wildman–Crippen LogP) is 1.57. The fraction of sp³-hybridized carbons (Fsp3) is 0.167. The van der Waals surface area contributed by atoms with Gasteiger partial charge in [-0.1, -0.05) is 6.07 Å². The first-order chi connectivity index (χ1) is 9.45. The van der Waals surface area contributed by atoms with E-state index < -0.39 is 39.2 Å². The van der Waals surface area contributed by atoms with Crippen LogP contribution in [-0.4, -0.2) is 20.1 Å². The first-order valence-electron chi connectivity index (χ1n) is 5.56. The zero-order valence-electron chi connectivity index (χ0n) is 10.1. The van der Waals surface area contributed by atoms with Crippen molar-refractivity contribution in [1.29, 1.82) is 0 Å². The molecule has 0 amide bonds. The molecule has 108 valence electrons. The van der Waals surface area contributed by atoms with Crippen molar-refractivity contribution in [2.75, 3.05) is 6.61 Å². The second-order valence-corrected chi connectivity index (χ2v) is 5.61. The lowest BCUT2D eigenvalue weighted by molar-refractivity contribution is 0.241. The summed E-state index contributed by atoms with van der Waals surface area (Å²) in [5.41, 5.74) is 0. The van der Waals surface area contributed by atoms with E-state index >= 15 is 0 Å². The van der Waals surface area contributed by atoms with Gasteiger partial charge in [-0.25, -0.2) is 17.2 Å². The van der Waals surface area contributed by atoms with Gasteiger partial charge in [0.2, 0.25) is 10.0 Å². The first-order valence-corrected chi connectivity index (χ1v) is 7.04. The summed E-state index contributed by atoms with van der Waals surface area (Å²) in [5, 5.41) is 9.18. The van der Waals surface area contributed by atoms with E-state index in [2.05, 4.69) is 4.72 Å². The molecule has 0 aliphatic rings. The molecule has 20 heavy (non-hydrogen) atoms. The van der Waals surface area contributed by atoms with Gasteiger partial charge >= 0.3 is 0 Å². The Kier molecular flexibility index (Phi) is 4.17. The van der Waals surface area contributed by atoms with Crippen LogP contribution in [0, 0.1) is 11.6 Å². The minimum atomic E-state index is -4.34. The molecule has 0 saturated heterocycles. The van der Waals surface area contributed by atoms with Crippen LogP contribution in [0.25, 0.3) is 0 Å². The second kappa shape index (κ2) is 5.70.